The maximum absolute atomic E-state index is 9.81. The lowest BCUT2D eigenvalue weighted by Gasteiger charge is -2.38. The number of aliphatic hydroxyl groups is 1. The van der Waals surface area contributed by atoms with Crippen LogP contribution in [-0.2, 0) is 0 Å². The van der Waals surface area contributed by atoms with Crippen LogP contribution in [0.2, 0.25) is 0 Å². The van der Waals surface area contributed by atoms with E-state index in [1.54, 1.807) is 0 Å². The van der Waals surface area contributed by atoms with Crippen LogP contribution in [0, 0.1) is 11.2 Å². The molecule has 0 radical (unpaired) electrons. The molecule has 0 fully saturated rings. The first kappa shape index (κ1) is 21.8. The molecule has 4 heteroatoms. The van der Waals surface area contributed by atoms with Gasteiger partial charge in [0.2, 0.25) is 0 Å². The van der Waals surface area contributed by atoms with Gasteiger partial charge in [0.1, 0.15) is 0 Å². The van der Waals surface area contributed by atoms with Crippen molar-refractivity contribution < 1.29 is 9.50 Å². The Hall–Kier alpha value is -0.525. The van der Waals surface area contributed by atoms with Crippen molar-refractivity contribution in [2.45, 2.75) is 78.2 Å². The van der Waals surface area contributed by atoms with Crippen molar-refractivity contribution in [2.24, 2.45) is 0 Å². The van der Waals surface area contributed by atoms with Gasteiger partial charge in [0.25, 0.3) is 7.41 Å². The first-order valence-electron chi connectivity index (χ1n) is 8.58. The SMILES string of the molecule is CCCCC.CCCCCCC(O)C[N+](C)(C)[BH2-]C#N. The van der Waals surface area contributed by atoms with E-state index in [-0.39, 0.29) is 6.10 Å². The number of unbranched alkanes of at least 4 members (excludes halogenated alkanes) is 5. The molecule has 0 amide bonds. The number of hydrogen-bond donors (Lipinski definition) is 1. The van der Waals surface area contributed by atoms with Crippen LogP contribution in [0.25, 0.3) is 0 Å². The van der Waals surface area contributed by atoms with Gasteiger partial charge in [-0.25, -0.2) is 5.26 Å². The molecule has 0 bridgehead atoms. The van der Waals surface area contributed by atoms with Gasteiger partial charge in [-0.15, -0.1) is 0 Å². The molecule has 3 nitrogen and oxygen atoms in total. The molecule has 0 saturated heterocycles. The van der Waals surface area contributed by atoms with Crippen LogP contribution in [0.15, 0.2) is 0 Å². The van der Waals surface area contributed by atoms with Gasteiger partial charge < -0.3 is 9.50 Å². The number of quaternary nitrogens is 1. The van der Waals surface area contributed by atoms with Gasteiger partial charge in [0.15, 0.2) is 0 Å². The Labute approximate surface area is 127 Å². The summed E-state index contributed by atoms with van der Waals surface area (Å²) in [5.74, 6) is 2.28. The van der Waals surface area contributed by atoms with Crippen LogP contribution in [0.5, 0.6) is 0 Å². The van der Waals surface area contributed by atoms with Gasteiger partial charge in [0.05, 0.1) is 12.6 Å². The zero-order valence-corrected chi connectivity index (χ0v) is 14.8. The predicted molar refractivity (Wildman–Crippen MR) is 91.1 cm³/mol. The summed E-state index contributed by atoms with van der Waals surface area (Å²) in [7, 11) is 3.46. The van der Waals surface area contributed by atoms with Crippen molar-refractivity contribution in [3.8, 4) is 5.97 Å². The highest BCUT2D eigenvalue weighted by atomic mass is 16.3. The third kappa shape index (κ3) is 17.5. The van der Waals surface area contributed by atoms with Crippen molar-refractivity contribution in [3.63, 3.8) is 0 Å². The number of likely N-dealkylation sites (N-methyl/N-ethyl adjacent to an activating group) is 1. The summed E-state index contributed by atoms with van der Waals surface area (Å²) in [4.78, 5) is 0. The lowest BCUT2D eigenvalue weighted by atomic mass is 9.90. The summed E-state index contributed by atoms with van der Waals surface area (Å²) in [6, 6.07) is 0. The summed E-state index contributed by atoms with van der Waals surface area (Å²) in [6.07, 6.45) is 9.56. The minimum absolute atomic E-state index is 0.228. The number of hydrogen-bond acceptors (Lipinski definition) is 2. The van der Waals surface area contributed by atoms with Gasteiger partial charge in [0, 0.05) is 14.1 Å². The van der Waals surface area contributed by atoms with Crippen LogP contribution in [0.3, 0.4) is 0 Å². The Morgan fingerprint density at radius 2 is 1.55 bits per heavy atom. The lowest BCUT2D eigenvalue weighted by Crippen LogP contribution is -2.47. The molecular formula is C16H37BN2O. The fraction of sp³-hybridized carbons (Fsp3) is 0.938. The Kier molecular flexibility index (Phi) is 16.2. The highest BCUT2D eigenvalue weighted by Gasteiger charge is 2.14. The Morgan fingerprint density at radius 1 is 1.00 bits per heavy atom. The average molecular weight is 284 g/mol. The van der Waals surface area contributed by atoms with Crippen LogP contribution in [0.1, 0.15) is 72.1 Å². The smallest absolute Gasteiger partial charge is 0.281 e. The molecular weight excluding hydrogens is 247 g/mol. The number of nitrogens with zero attached hydrogens (tertiary/aromatic N) is 2. The quantitative estimate of drug-likeness (QED) is 0.494. The van der Waals surface area contributed by atoms with E-state index in [1.807, 2.05) is 14.1 Å². The van der Waals surface area contributed by atoms with E-state index in [0.717, 1.165) is 19.4 Å². The highest BCUT2D eigenvalue weighted by molar-refractivity contribution is 6.36. The second-order valence-corrected chi connectivity index (χ2v) is 6.78. The molecule has 120 valence electrons. The van der Waals surface area contributed by atoms with Gasteiger partial charge >= 0.3 is 0 Å². The molecule has 0 heterocycles. The standard InChI is InChI=1S/C11H25BN2O.C5H12/c1-4-5-6-7-8-11(15)9-14(2,3)12-10-13;1-3-5-4-2/h11,15H,4-9,12H2,1-3H3;3-5H2,1-2H3. The van der Waals surface area contributed by atoms with Gasteiger partial charge in [-0.2, -0.15) is 0 Å². The van der Waals surface area contributed by atoms with Crippen molar-refractivity contribution in [2.75, 3.05) is 20.6 Å². The van der Waals surface area contributed by atoms with Crippen molar-refractivity contribution in [1.82, 2.24) is 0 Å². The van der Waals surface area contributed by atoms with E-state index in [1.165, 1.54) is 38.5 Å². The van der Waals surface area contributed by atoms with E-state index >= 15 is 0 Å². The molecule has 1 unspecified atom stereocenters. The predicted octanol–water partition coefficient (Wildman–Crippen LogP) is 3.16. The molecule has 0 aromatic carbocycles. The van der Waals surface area contributed by atoms with Gasteiger partial charge in [-0.3, -0.25) is 0 Å². The number of aliphatic hydroxyl groups excluding tert-OH is 1. The summed E-state index contributed by atoms with van der Waals surface area (Å²) in [5.41, 5.74) is 0. The van der Waals surface area contributed by atoms with Gasteiger partial charge in [-0.05, 0) is 6.42 Å². The molecule has 0 spiro atoms. The van der Waals surface area contributed by atoms with Crippen molar-refractivity contribution in [1.29, 1.82) is 5.26 Å². The maximum Gasteiger partial charge on any atom is 0.281 e. The number of rotatable bonds is 10. The monoisotopic (exact) mass is 284 g/mol. The van der Waals surface area contributed by atoms with Crippen LogP contribution < -0.4 is 0 Å². The minimum atomic E-state index is -0.622. The largest absolute Gasteiger partial charge is 0.511 e. The normalized spacial score (nSPS) is 12.2. The van der Waals surface area contributed by atoms with Gasteiger partial charge in [-0.1, -0.05) is 71.7 Å². The molecule has 0 aliphatic carbocycles. The second kappa shape index (κ2) is 14.9. The first-order valence-corrected chi connectivity index (χ1v) is 8.58. The molecule has 0 aromatic rings. The zero-order chi connectivity index (χ0) is 15.9. The zero-order valence-electron chi connectivity index (χ0n) is 14.8. The third-order valence-electron chi connectivity index (χ3n) is 3.56. The molecule has 0 aromatic heterocycles. The topological polar surface area (TPSA) is 44.0 Å². The fourth-order valence-corrected chi connectivity index (χ4v) is 2.25. The molecule has 0 rings (SSSR count). The fourth-order valence-electron chi connectivity index (χ4n) is 2.25. The molecule has 0 aliphatic rings. The first-order chi connectivity index (χ1) is 9.43. The van der Waals surface area contributed by atoms with Crippen LogP contribution in [0.4, 0.5) is 0 Å². The highest BCUT2D eigenvalue weighted by Crippen LogP contribution is 2.08. The molecule has 1 N–H and O–H groups in total. The average Bonchev–Trinajstić information content (AvgIpc) is 2.35. The van der Waals surface area contributed by atoms with E-state index in [9.17, 15) is 5.11 Å². The Balaban J connectivity index is 0. The maximum atomic E-state index is 9.81. The number of nitriles is 1. The molecule has 0 aliphatic heterocycles. The van der Waals surface area contributed by atoms with Crippen molar-refractivity contribution >= 4 is 7.41 Å². The summed E-state index contributed by atoms with van der Waals surface area (Å²) in [6.45, 7) is 7.35. The second-order valence-electron chi connectivity index (χ2n) is 6.78. The van der Waals surface area contributed by atoms with E-state index in [4.69, 9.17) is 5.26 Å². The van der Waals surface area contributed by atoms with E-state index in [2.05, 4.69) is 26.7 Å². The minimum Gasteiger partial charge on any atom is -0.511 e. The summed E-state index contributed by atoms with van der Waals surface area (Å²) in [5, 5.41) is 18.5. The Bertz CT molecular complexity index is 237. The lowest BCUT2D eigenvalue weighted by molar-refractivity contribution is -0.781. The van der Waals surface area contributed by atoms with E-state index in [0.29, 0.717) is 4.39 Å². The summed E-state index contributed by atoms with van der Waals surface area (Å²) < 4.78 is 0.714. The van der Waals surface area contributed by atoms with E-state index < -0.39 is 7.41 Å². The molecule has 20 heavy (non-hydrogen) atoms. The van der Waals surface area contributed by atoms with Crippen LogP contribution >= 0.6 is 0 Å². The molecule has 0 saturated carbocycles. The Morgan fingerprint density at radius 3 is 1.95 bits per heavy atom. The molecule has 1 atom stereocenters. The third-order valence-corrected chi connectivity index (χ3v) is 3.56. The van der Waals surface area contributed by atoms with Crippen LogP contribution in [-0.4, -0.2) is 43.7 Å². The van der Waals surface area contributed by atoms with Crippen molar-refractivity contribution in [3.05, 3.63) is 0 Å². The summed E-state index contributed by atoms with van der Waals surface area (Å²) >= 11 is 0.